The number of carbonyl (C=O) groups excluding carboxylic acids is 8. The Morgan fingerprint density at radius 1 is 0.584 bits per heavy atom. The second kappa shape index (κ2) is 40.2. The number of fused-ring (bicyclic) bond motifs is 2. The van der Waals surface area contributed by atoms with Gasteiger partial charge in [0.05, 0.1) is 69.6 Å². The third-order valence-electron chi connectivity index (χ3n) is 23.1. The SMILES string of the molecule is C=CC1CC1(NC(=O)[C@@H]1C[C@@H](Oc2cc(-c3ccccc3)nc3cc(OC)ccc23)CN1C(=O)[C@@H](NC(=O)OC1CCCC1)C(C)(C)C)P(=O)(O)OCC1CC1.C=C[C@@H]1C[C@]1(NC(=O)[C@@H]1C[C@@H](Oc2cc(-c3csc(NC(C)C)n3)nc3cc(OC)ccc23)CN1C(=O)[C@@H](NC(=O)OC1CCCC1)C(C)(C)C)P(=O)(OCOC(=O)OCC)OCOC(=O)OCC. The highest BCUT2D eigenvalue weighted by Gasteiger charge is 2.70. The molecule has 37 heteroatoms. The van der Waals surface area contributed by atoms with Crippen molar-refractivity contribution < 1.29 is 113 Å². The summed E-state index contributed by atoms with van der Waals surface area (Å²) in [4.78, 5) is 139. The first-order chi connectivity index (χ1) is 59.5. The second-order valence-electron chi connectivity index (χ2n) is 34.8. The number of hydrogen-bond donors (Lipinski definition) is 6. The number of amides is 6. The molecule has 0 radical (unpaired) electrons. The maximum absolute atomic E-state index is 15.0. The lowest BCUT2D eigenvalue weighted by molar-refractivity contribution is -0.142. The highest BCUT2D eigenvalue weighted by atomic mass is 32.1. The summed E-state index contributed by atoms with van der Waals surface area (Å²) < 4.78 is 101. The fourth-order valence-electron chi connectivity index (χ4n) is 16.0. The minimum atomic E-state index is -4.70. The molecule has 34 nitrogen and oxygen atoms in total. The molecule has 0 spiro atoms. The third kappa shape index (κ3) is 22.8. The van der Waals surface area contributed by atoms with Gasteiger partial charge in [0.25, 0.3) is 0 Å². The highest BCUT2D eigenvalue weighted by molar-refractivity contribution is 7.56. The molecule has 2 saturated heterocycles. The number of anilines is 1. The van der Waals surface area contributed by atoms with Crippen molar-refractivity contribution in [2.75, 3.05) is 66.0 Å². The van der Waals surface area contributed by atoms with Crippen LogP contribution in [0.1, 0.15) is 159 Å². The molecule has 5 aliphatic carbocycles. The number of nitrogens with one attached hydrogen (secondary N) is 5. The fraction of sp³-hybridized carbons (Fsp3) is 0.557. The minimum Gasteiger partial charge on any atom is -0.497 e. The average molecular weight is 1790 g/mol. The predicted octanol–water partition coefficient (Wildman–Crippen LogP) is 15.1. The van der Waals surface area contributed by atoms with Gasteiger partial charge < -0.3 is 93.2 Å². The molecule has 5 heterocycles. The van der Waals surface area contributed by atoms with E-state index < -0.39 is 147 Å². The average Bonchev–Trinajstić information content (AvgIpc) is 1.55. The molecule has 13 rings (SSSR count). The van der Waals surface area contributed by atoms with Gasteiger partial charge in [-0.15, -0.1) is 24.5 Å². The molecule has 3 aromatic heterocycles. The molecule has 2 aliphatic heterocycles. The Morgan fingerprint density at radius 2 is 1.04 bits per heavy atom. The van der Waals surface area contributed by atoms with E-state index in [4.69, 9.17) is 75.9 Å². The zero-order valence-electron chi connectivity index (χ0n) is 72.8. The van der Waals surface area contributed by atoms with Gasteiger partial charge in [0.1, 0.15) is 87.8 Å². The summed E-state index contributed by atoms with van der Waals surface area (Å²) in [6.07, 6.45) is 5.93. The zero-order valence-corrected chi connectivity index (χ0v) is 75.4. The number of aromatic nitrogens is 3. The van der Waals surface area contributed by atoms with E-state index in [1.54, 1.807) is 79.2 Å². The minimum absolute atomic E-state index is 0.00362. The molecule has 5 saturated carbocycles. The molecular formula is C88H116N10O24P2S. The lowest BCUT2D eigenvalue weighted by Gasteiger charge is -2.36. The van der Waals surface area contributed by atoms with Crippen molar-refractivity contribution in [3.05, 3.63) is 110 Å². The summed E-state index contributed by atoms with van der Waals surface area (Å²) in [7, 11) is -5.93. The largest absolute Gasteiger partial charge is 0.510 e. The van der Waals surface area contributed by atoms with Crippen LogP contribution in [-0.4, -0.2) is 204 Å². The van der Waals surface area contributed by atoms with E-state index in [1.165, 1.54) is 27.2 Å². The summed E-state index contributed by atoms with van der Waals surface area (Å²) >= 11 is 1.42. The number of likely N-dealkylation sites (tertiary alicyclic amines) is 2. The summed E-state index contributed by atoms with van der Waals surface area (Å²) in [5, 5.41) is 15.1. The van der Waals surface area contributed by atoms with E-state index in [2.05, 4.69) is 39.7 Å². The van der Waals surface area contributed by atoms with Gasteiger partial charge in [0.2, 0.25) is 37.2 Å². The number of hydrogen-bond acceptors (Lipinski definition) is 28. The van der Waals surface area contributed by atoms with Crippen molar-refractivity contribution in [2.24, 2.45) is 28.6 Å². The number of rotatable bonds is 35. The molecular weight excluding hydrogens is 1680 g/mol. The van der Waals surface area contributed by atoms with E-state index in [0.717, 1.165) is 56.9 Å². The van der Waals surface area contributed by atoms with E-state index in [-0.39, 0.29) is 82.8 Å². The van der Waals surface area contributed by atoms with Crippen LogP contribution in [0.5, 0.6) is 23.0 Å². The number of thiazole rings is 1. The molecule has 7 fully saturated rings. The second-order valence-corrected chi connectivity index (χ2v) is 40.0. The fourth-order valence-corrected chi connectivity index (χ4v) is 20.8. The lowest BCUT2D eigenvalue weighted by atomic mass is 9.85. The monoisotopic (exact) mass is 1790 g/mol. The number of carbonyl (C=O) groups is 8. The van der Waals surface area contributed by atoms with Crippen LogP contribution in [0.2, 0.25) is 0 Å². The van der Waals surface area contributed by atoms with E-state index in [1.807, 2.05) is 94.6 Å². The van der Waals surface area contributed by atoms with Crippen LogP contribution in [0.3, 0.4) is 0 Å². The van der Waals surface area contributed by atoms with Gasteiger partial charge >= 0.3 is 39.7 Å². The quantitative estimate of drug-likeness (QED) is 0.00707. The molecule has 678 valence electrons. The normalized spacial score (nSPS) is 22.7. The number of benzene rings is 3. The van der Waals surface area contributed by atoms with Crippen molar-refractivity contribution >= 4 is 102 Å². The van der Waals surface area contributed by atoms with Gasteiger partial charge in [0, 0.05) is 76.7 Å². The van der Waals surface area contributed by atoms with Crippen molar-refractivity contribution in [3.8, 4) is 45.6 Å². The number of nitrogens with zero attached hydrogens (tertiary/aromatic N) is 5. The smallest absolute Gasteiger partial charge is 0.497 e. The molecule has 6 aromatic rings. The molecule has 11 atom stereocenters. The van der Waals surface area contributed by atoms with Gasteiger partial charge in [-0.3, -0.25) is 37.4 Å². The first-order valence-electron chi connectivity index (χ1n) is 42.5. The van der Waals surface area contributed by atoms with Crippen molar-refractivity contribution in [1.29, 1.82) is 0 Å². The summed E-state index contributed by atoms with van der Waals surface area (Å²) in [5.41, 5.74) is 2.12. The number of pyridine rings is 2. The van der Waals surface area contributed by atoms with Crippen LogP contribution < -0.4 is 45.5 Å². The van der Waals surface area contributed by atoms with Gasteiger partial charge in [0.15, 0.2) is 5.13 Å². The van der Waals surface area contributed by atoms with Crippen molar-refractivity contribution in [1.82, 2.24) is 46.0 Å². The Bertz CT molecular complexity index is 4980. The van der Waals surface area contributed by atoms with E-state index in [0.29, 0.717) is 79.9 Å². The van der Waals surface area contributed by atoms with Crippen LogP contribution in [0, 0.1) is 28.6 Å². The summed E-state index contributed by atoms with van der Waals surface area (Å²) in [6.45, 7) is 23.7. The van der Waals surface area contributed by atoms with Crippen LogP contribution in [-0.2, 0) is 70.3 Å². The first-order valence-corrected chi connectivity index (χ1v) is 46.5. The Balaban J connectivity index is 0.000000232. The Hall–Kier alpha value is -10.1. The van der Waals surface area contributed by atoms with Crippen LogP contribution >= 0.6 is 26.5 Å². The van der Waals surface area contributed by atoms with Gasteiger partial charge in [-0.05, 0) is 146 Å². The first kappa shape index (κ1) is 94.0. The standard InChI is InChI=1S/C46H63N6O15PS.C42H53N4O9P/c1-10-28-22-46(28,68(58,64-25-62-43(56)60-11-2)65-26-63-44(57)61-12-3)51-39(53)36-20-31(23-52(36)40(54)38(45(6,7)8)50-42(55)67-29-15-13-14-16-29)66-37-21-34(35-24-69-41(49-35)47-27(4)5)48-33-19-30(59-9)17-18-32(33)37;1-6-28-23-42(28,56(50,51)53-25-26-16-17-26)45-38(47)35-21-31(24-46(35)39(48)37(41(2,3)4)44-40(49)55-29-14-10-11-15-29)54-36-22-33(27-12-8-7-9-13-27)43-34-20-30(52-5)18-19-32(34)36/h10,17-19,21,24,27-29,31,36,38H,1,11-16,20,22-23,25-26H2,2-9H3,(H,47,49)(H,50,55)(H,51,53);6-9,12-13,18-20,22,26,28-29,31,35,37H,1,10-11,14-17,21,23-25H2,2-5H3,(H,44,49)(H,45,47)(H,50,51)/t28-,31-,36+,38-,46+;28?,31-,35+,37-,42?/m11/s1. The Labute approximate surface area is 731 Å². The van der Waals surface area contributed by atoms with E-state index >= 15 is 4.79 Å². The Kier molecular flexibility index (Phi) is 30.2. The molecule has 6 amide bonds. The van der Waals surface area contributed by atoms with Crippen molar-refractivity contribution in [2.45, 2.75) is 224 Å². The third-order valence-corrected chi connectivity index (χ3v) is 28.5. The molecule has 6 N–H and O–H groups in total. The molecule has 7 aliphatic rings. The maximum Gasteiger partial charge on any atom is 0.510 e. The molecule has 3 unspecified atom stereocenters. The Morgan fingerprint density at radius 3 is 1.47 bits per heavy atom. The van der Waals surface area contributed by atoms with E-state index in [9.17, 15) is 47.6 Å². The van der Waals surface area contributed by atoms with Crippen LogP contribution in [0.25, 0.3) is 44.5 Å². The number of ether oxygens (including phenoxy) is 10. The number of methoxy groups -OCH3 is 2. The summed E-state index contributed by atoms with van der Waals surface area (Å²) in [6, 6.07) is 19.5. The summed E-state index contributed by atoms with van der Waals surface area (Å²) in [5.74, 6) is -1.47. The predicted molar refractivity (Wildman–Crippen MR) is 464 cm³/mol. The van der Waals surface area contributed by atoms with Crippen LogP contribution in [0.4, 0.5) is 24.3 Å². The molecule has 125 heavy (non-hydrogen) atoms. The topological polar surface area (TPSA) is 416 Å². The molecule has 0 bridgehead atoms. The lowest BCUT2D eigenvalue weighted by Crippen LogP contribution is -2.58. The molecule has 3 aromatic carbocycles. The van der Waals surface area contributed by atoms with Crippen molar-refractivity contribution in [3.63, 3.8) is 0 Å². The highest BCUT2D eigenvalue weighted by Crippen LogP contribution is 2.73. The van der Waals surface area contributed by atoms with Crippen LogP contribution in [0.15, 0.2) is 110 Å². The zero-order chi connectivity index (χ0) is 89.9. The maximum atomic E-state index is 15.0. The number of alkyl carbamates (subject to hydrolysis) is 2. The van der Waals surface area contributed by atoms with Gasteiger partial charge in [-0.2, -0.15) is 0 Å². The van der Waals surface area contributed by atoms with Gasteiger partial charge in [-0.25, -0.2) is 34.1 Å². The van der Waals surface area contributed by atoms with Gasteiger partial charge in [-0.1, -0.05) is 84.0 Å².